The third-order valence-electron chi connectivity index (χ3n) is 3.88. The van der Waals surface area contributed by atoms with Gasteiger partial charge >= 0.3 is 0 Å². The number of hydrogen-bond donors (Lipinski definition) is 2. The smallest absolute Gasteiger partial charge is 0.240 e. The number of thioether (sulfide) groups is 1. The number of halogens is 1. The maximum absolute atomic E-state index is 12.2. The second-order valence-electron chi connectivity index (χ2n) is 6.03. The molecule has 0 aromatic heterocycles. The predicted molar refractivity (Wildman–Crippen MR) is 107 cm³/mol. The zero-order valence-electron chi connectivity index (χ0n) is 14.4. The third-order valence-corrected chi connectivity index (χ3v) is 5.29. The van der Waals surface area contributed by atoms with Crippen molar-refractivity contribution in [2.24, 2.45) is 4.99 Å². The van der Waals surface area contributed by atoms with Gasteiger partial charge in [0.1, 0.15) is 5.25 Å². The summed E-state index contributed by atoms with van der Waals surface area (Å²) in [7, 11) is 0. The van der Waals surface area contributed by atoms with Crippen molar-refractivity contribution in [1.82, 2.24) is 5.32 Å². The van der Waals surface area contributed by atoms with Crippen LogP contribution in [0.3, 0.4) is 0 Å². The molecule has 0 radical (unpaired) electrons. The number of nitrogens with zero attached hydrogens (tertiary/aromatic N) is 1. The highest BCUT2D eigenvalue weighted by Crippen LogP contribution is 2.28. The van der Waals surface area contributed by atoms with E-state index in [-0.39, 0.29) is 18.2 Å². The molecule has 0 saturated carbocycles. The van der Waals surface area contributed by atoms with E-state index in [0.717, 1.165) is 16.8 Å². The quantitative estimate of drug-likeness (QED) is 0.825. The summed E-state index contributed by atoms with van der Waals surface area (Å²) < 4.78 is 0. The summed E-state index contributed by atoms with van der Waals surface area (Å²) in [6.07, 6.45) is 0.0491. The maximum atomic E-state index is 12.2. The van der Waals surface area contributed by atoms with Crippen LogP contribution in [0, 0.1) is 13.8 Å². The van der Waals surface area contributed by atoms with E-state index in [1.54, 1.807) is 24.3 Å². The molecule has 7 heteroatoms. The highest BCUT2D eigenvalue weighted by Gasteiger charge is 2.32. The van der Waals surface area contributed by atoms with E-state index in [1.807, 2.05) is 32.0 Å². The molecule has 1 saturated heterocycles. The number of hydrogen-bond acceptors (Lipinski definition) is 4. The van der Waals surface area contributed by atoms with E-state index in [9.17, 15) is 9.59 Å². The molecule has 5 nitrogen and oxygen atoms in total. The van der Waals surface area contributed by atoms with Crippen LogP contribution >= 0.6 is 23.4 Å². The largest absolute Gasteiger partial charge is 0.325 e. The summed E-state index contributed by atoms with van der Waals surface area (Å²) in [4.78, 5) is 28.9. The Kier molecular flexibility index (Phi) is 5.64. The van der Waals surface area contributed by atoms with Gasteiger partial charge in [0.2, 0.25) is 11.8 Å². The first-order valence-electron chi connectivity index (χ1n) is 8.10. The molecular weight excluding hydrogens is 370 g/mol. The molecule has 134 valence electrons. The SMILES string of the molecule is Cc1ccc(C)c(N=C2NC(=O)[C@H](CC(=O)Nc3ccccc3Cl)S2)c1. The van der Waals surface area contributed by atoms with Crippen molar-refractivity contribution in [2.45, 2.75) is 25.5 Å². The minimum absolute atomic E-state index is 0.0491. The van der Waals surface area contributed by atoms with Crippen molar-refractivity contribution < 1.29 is 9.59 Å². The van der Waals surface area contributed by atoms with Gasteiger partial charge in [0.05, 0.1) is 16.4 Å². The van der Waals surface area contributed by atoms with Crippen LogP contribution in [0.15, 0.2) is 47.5 Å². The molecule has 26 heavy (non-hydrogen) atoms. The van der Waals surface area contributed by atoms with Crippen LogP contribution in [0.25, 0.3) is 0 Å². The van der Waals surface area contributed by atoms with Gasteiger partial charge < -0.3 is 10.6 Å². The van der Waals surface area contributed by atoms with Crippen molar-refractivity contribution in [2.75, 3.05) is 5.32 Å². The highest BCUT2D eigenvalue weighted by molar-refractivity contribution is 8.15. The minimum atomic E-state index is -0.513. The molecule has 3 rings (SSSR count). The second kappa shape index (κ2) is 7.93. The number of aliphatic imine (C=N–C) groups is 1. The molecule has 2 aromatic carbocycles. The molecule has 0 spiro atoms. The first-order chi connectivity index (χ1) is 12.4. The molecule has 1 aliphatic heterocycles. The summed E-state index contributed by atoms with van der Waals surface area (Å²) in [5, 5.41) is 5.94. The van der Waals surface area contributed by atoms with Gasteiger partial charge in [-0.2, -0.15) is 0 Å². The Bertz CT molecular complexity index is 898. The summed E-state index contributed by atoms with van der Waals surface area (Å²) >= 11 is 7.30. The van der Waals surface area contributed by atoms with Gasteiger partial charge in [0, 0.05) is 6.42 Å². The molecule has 0 unspecified atom stereocenters. The molecule has 0 aliphatic carbocycles. The monoisotopic (exact) mass is 387 g/mol. The van der Waals surface area contributed by atoms with Crippen LogP contribution < -0.4 is 10.6 Å². The van der Waals surface area contributed by atoms with E-state index in [1.165, 1.54) is 11.8 Å². The summed E-state index contributed by atoms with van der Waals surface area (Å²) in [5.41, 5.74) is 3.47. The molecule has 1 heterocycles. The van der Waals surface area contributed by atoms with Crippen LogP contribution in [-0.4, -0.2) is 22.2 Å². The zero-order valence-corrected chi connectivity index (χ0v) is 15.9. The Labute approximate surface area is 161 Å². The molecular formula is C19H18ClN3O2S. The predicted octanol–water partition coefficient (Wildman–Crippen LogP) is 4.20. The van der Waals surface area contributed by atoms with Crippen molar-refractivity contribution >= 4 is 51.7 Å². The van der Waals surface area contributed by atoms with Gasteiger partial charge in [0.25, 0.3) is 0 Å². The Hall–Kier alpha value is -2.31. The lowest BCUT2D eigenvalue weighted by atomic mass is 10.1. The molecule has 0 bridgehead atoms. The Morgan fingerprint density at radius 2 is 2.04 bits per heavy atom. The van der Waals surface area contributed by atoms with E-state index >= 15 is 0 Å². The number of nitrogens with one attached hydrogen (secondary N) is 2. The number of para-hydroxylation sites is 1. The van der Waals surface area contributed by atoms with Crippen molar-refractivity contribution in [3.63, 3.8) is 0 Å². The number of aryl methyl sites for hydroxylation is 2. The average Bonchev–Trinajstić information content (AvgIpc) is 2.92. The van der Waals surface area contributed by atoms with Crippen LogP contribution in [-0.2, 0) is 9.59 Å². The molecule has 2 N–H and O–H groups in total. The molecule has 1 aliphatic rings. The molecule has 1 fully saturated rings. The van der Waals surface area contributed by atoms with Gasteiger partial charge in [-0.25, -0.2) is 4.99 Å². The van der Waals surface area contributed by atoms with Crippen LogP contribution in [0.2, 0.25) is 5.02 Å². The summed E-state index contributed by atoms with van der Waals surface area (Å²) in [5.74, 6) is -0.480. The fraction of sp³-hybridized carbons (Fsp3) is 0.211. The fourth-order valence-corrected chi connectivity index (χ4v) is 3.64. The van der Waals surface area contributed by atoms with Gasteiger partial charge in [-0.1, -0.05) is 47.6 Å². The Morgan fingerprint density at radius 1 is 1.27 bits per heavy atom. The van der Waals surface area contributed by atoms with E-state index < -0.39 is 5.25 Å². The number of carbonyl (C=O) groups excluding carboxylic acids is 2. The van der Waals surface area contributed by atoms with E-state index in [2.05, 4.69) is 15.6 Å². The lowest BCUT2D eigenvalue weighted by Gasteiger charge is -2.08. The molecule has 2 amide bonds. The standard InChI is InChI=1S/C19H18ClN3O2S/c1-11-7-8-12(2)15(9-11)22-19-23-18(25)16(26-19)10-17(24)21-14-6-4-3-5-13(14)20/h3-9,16H,10H2,1-2H3,(H,21,24)(H,22,23,25)/t16-/m0/s1. The van der Waals surface area contributed by atoms with Crippen molar-refractivity contribution in [3.8, 4) is 0 Å². The average molecular weight is 388 g/mol. The van der Waals surface area contributed by atoms with Gasteiger partial charge in [-0.3, -0.25) is 9.59 Å². The van der Waals surface area contributed by atoms with Crippen LogP contribution in [0.4, 0.5) is 11.4 Å². The first kappa shape index (κ1) is 18.5. The van der Waals surface area contributed by atoms with E-state index in [4.69, 9.17) is 11.6 Å². The number of benzene rings is 2. The number of carbonyl (C=O) groups is 2. The Morgan fingerprint density at radius 3 is 2.81 bits per heavy atom. The zero-order chi connectivity index (χ0) is 18.7. The number of amidine groups is 1. The summed E-state index contributed by atoms with van der Waals surface area (Å²) in [6, 6.07) is 13.0. The lowest BCUT2D eigenvalue weighted by molar-refractivity contribution is -0.122. The van der Waals surface area contributed by atoms with Crippen LogP contribution in [0.5, 0.6) is 0 Å². The second-order valence-corrected chi connectivity index (χ2v) is 7.63. The minimum Gasteiger partial charge on any atom is -0.325 e. The number of anilines is 1. The normalized spacial score (nSPS) is 18.0. The third kappa shape index (κ3) is 4.45. The topological polar surface area (TPSA) is 70.6 Å². The van der Waals surface area contributed by atoms with E-state index in [0.29, 0.717) is 15.9 Å². The lowest BCUT2D eigenvalue weighted by Crippen LogP contribution is -2.28. The fourth-order valence-electron chi connectivity index (χ4n) is 2.47. The van der Waals surface area contributed by atoms with Crippen molar-refractivity contribution in [3.05, 3.63) is 58.6 Å². The van der Waals surface area contributed by atoms with Crippen molar-refractivity contribution in [1.29, 1.82) is 0 Å². The molecule has 2 aromatic rings. The number of amides is 2. The first-order valence-corrected chi connectivity index (χ1v) is 9.36. The van der Waals surface area contributed by atoms with Gasteiger partial charge in [-0.15, -0.1) is 0 Å². The highest BCUT2D eigenvalue weighted by atomic mass is 35.5. The number of rotatable bonds is 4. The molecule has 1 atom stereocenters. The van der Waals surface area contributed by atoms with Gasteiger partial charge in [-0.05, 0) is 43.2 Å². The summed E-state index contributed by atoms with van der Waals surface area (Å²) in [6.45, 7) is 3.96. The van der Waals surface area contributed by atoms with Gasteiger partial charge in [0.15, 0.2) is 5.17 Å². The Balaban J connectivity index is 1.66. The maximum Gasteiger partial charge on any atom is 0.240 e. The van der Waals surface area contributed by atoms with Crippen LogP contribution in [0.1, 0.15) is 17.5 Å².